The molecule has 0 amide bonds. The standard InChI is InChI=1S/C12H17NO2/c1-9-5-6-13(10(9)2)7-11-3-4-12(8-14)15-11/h3-4,8-10H,5-7H2,1-2H3. The second-order valence-electron chi connectivity index (χ2n) is 4.40. The first-order valence-corrected chi connectivity index (χ1v) is 5.48. The van der Waals surface area contributed by atoms with Crippen molar-refractivity contribution in [3.05, 3.63) is 23.7 Å². The number of carbonyl (C=O) groups excluding carboxylic acids is 1. The smallest absolute Gasteiger partial charge is 0.185 e. The SMILES string of the molecule is CC1CCN(Cc2ccc(C=O)o2)C1C. The van der Waals surface area contributed by atoms with Crippen LogP contribution in [0.4, 0.5) is 0 Å². The number of hydrogen-bond donors (Lipinski definition) is 0. The molecule has 0 aliphatic carbocycles. The highest BCUT2D eigenvalue weighted by molar-refractivity contribution is 5.70. The van der Waals surface area contributed by atoms with E-state index < -0.39 is 0 Å². The third-order valence-corrected chi connectivity index (χ3v) is 3.43. The number of carbonyl (C=O) groups is 1. The highest BCUT2D eigenvalue weighted by Gasteiger charge is 2.27. The van der Waals surface area contributed by atoms with Gasteiger partial charge in [0.25, 0.3) is 0 Å². The molecule has 1 aromatic heterocycles. The minimum Gasteiger partial charge on any atom is -0.457 e. The molecule has 3 nitrogen and oxygen atoms in total. The molecule has 0 saturated carbocycles. The zero-order valence-electron chi connectivity index (χ0n) is 9.27. The minimum absolute atomic E-state index is 0.421. The van der Waals surface area contributed by atoms with Gasteiger partial charge in [0, 0.05) is 6.04 Å². The van der Waals surface area contributed by atoms with Crippen LogP contribution in [0.15, 0.2) is 16.5 Å². The lowest BCUT2D eigenvalue weighted by Gasteiger charge is -2.21. The summed E-state index contributed by atoms with van der Waals surface area (Å²) in [5, 5.41) is 0. The Labute approximate surface area is 90.1 Å². The van der Waals surface area contributed by atoms with E-state index in [9.17, 15) is 4.79 Å². The third-order valence-electron chi connectivity index (χ3n) is 3.43. The molecule has 1 fully saturated rings. The summed E-state index contributed by atoms with van der Waals surface area (Å²) in [7, 11) is 0. The Kier molecular flexibility index (Phi) is 2.91. The minimum atomic E-state index is 0.421. The molecule has 1 aromatic rings. The van der Waals surface area contributed by atoms with Crippen molar-refractivity contribution < 1.29 is 9.21 Å². The maximum absolute atomic E-state index is 10.5. The first kappa shape index (κ1) is 10.4. The Morgan fingerprint density at radius 2 is 2.33 bits per heavy atom. The fourth-order valence-corrected chi connectivity index (χ4v) is 2.14. The largest absolute Gasteiger partial charge is 0.457 e. The van der Waals surface area contributed by atoms with Gasteiger partial charge in [-0.25, -0.2) is 0 Å². The van der Waals surface area contributed by atoms with Crippen LogP contribution in [0.3, 0.4) is 0 Å². The Hall–Kier alpha value is -1.09. The van der Waals surface area contributed by atoms with Gasteiger partial charge in [-0.2, -0.15) is 0 Å². The molecule has 2 unspecified atom stereocenters. The van der Waals surface area contributed by atoms with Crippen LogP contribution in [0.1, 0.15) is 36.6 Å². The van der Waals surface area contributed by atoms with E-state index in [-0.39, 0.29) is 0 Å². The van der Waals surface area contributed by atoms with Crippen molar-refractivity contribution in [3.63, 3.8) is 0 Å². The summed E-state index contributed by atoms with van der Waals surface area (Å²) in [6.45, 7) is 6.48. The van der Waals surface area contributed by atoms with Crippen molar-refractivity contribution in [1.82, 2.24) is 4.90 Å². The van der Waals surface area contributed by atoms with Crippen molar-refractivity contribution in [2.45, 2.75) is 32.9 Å². The molecular weight excluding hydrogens is 190 g/mol. The number of nitrogens with zero attached hydrogens (tertiary/aromatic N) is 1. The molecule has 2 rings (SSSR count). The second kappa shape index (κ2) is 4.19. The molecule has 3 heteroatoms. The summed E-state index contributed by atoms with van der Waals surface area (Å²) >= 11 is 0. The van der Waals surface area contributed by atoms with E-state index in [1.165, 1.54) is 6.42 Å². The lowest BCUT2D eigenvalue weighted by molar-refractivity contribution is 0.109. The Balaban J connectivity index is 2.00. The van der Waals surface area contributed by atoms with Crippen molar-refractivity contribution in [2.75, 3.05) is 6.54 Å². The molecular formula is C12H17NO2. The number of likely N-dealkylation sites (tertiary alicyclic amines) is 1. The molecule has 0 spiro atoms. The highest BCUT2D eigenvalue weighted by Crippen LogP contribution is 2.25. The van der Waals surface area contributed by atoms with Gasteiger partial charge in [-0.15, -0.1) is 0 Å². The van der Waals surface area contributed by atoms with Gasteiger partial charge in [0.05, 0.1) is 6.54 Å². The van der Waals surface area contributed by atoms with Crippen LogP contribution in [0.2, 0.25) is 0 Å². The first-order valence-electron chi connectivity index (χ1n) is 5.48. The Morgan fingerprint density at radius 3 is 2.87 bits per heavy atom. The average Bonchev–Trinajstić information content (AvgIpc) is 2.80. The maximum atomic E-state index is 10.5. The fourth-order valence-electron chi connectivity index (χ4n) is 2.14. The number of hydrogen-bond acceptors (Lipinski definition) is 3. The summed E-state index contributed by atoms with van der Waals surface area (Å²) < 4.78 is 5.37. The van der Waals surface area contributed by atoms with E-state index in [1.54, 1.807) is 6.07 Å². The van der Waals surface area contributed by atoms with Crippen molar-refractivity contribution in [2.24, 2.45) is 5.92 Å². The molecule has 0 bridgehead atoms. The van der Waals surface area contributed by atoms with E-state index in [4.69, 9.17) is 4.42 Å². The molecule has 82 valence electrons. The zero-order chi connectivity index (χ0) is 10.8. The van der Waals surface area contributed by atoms with Gasteiger partial charge < -0.3 is 4.42 Å². The lowest BCUT2D eigenvalue weighted by atomic mass is 10.1. The molecule has 1 aliphatic heterocycles. The number of rotatable bonds is 3. The molecule has 0 radical (unpaired) electrons. The van der Waals surface area contributed by atoms with Crippen LogP contribution in [-0.4, -0.2) is 23.8 Å². The summed E-state index contributed by atoms with van der Waals surface area (Å²) in [5.41, 5.74) is 0. The fraction of sp³-hybridized carbons (Fsp3) is 0.583. The second-order valence-corrected chi connectivity index (χ2v) is 4.40. The van der Waals surface area contributed by atoms with Crippen LogP contribution in [0.5, 0.6) is 0 Å². The van der Waals surface area contributed by atoms with Gasteiger partial charge in [-0.3, -0.25) is 9.69 Å². The summed E-state index contributed by atoms with van der Waals surface area (Å²) in [6.07, 6.45) is 2.00. The molecule has 15 heavy (non-hydrogen) atoms. The predicted molar refractivity (Wildman–Crippen MR) is 57.7 cm³/mol. The van der Waals surface area contributed by atoms with Crippen molar-refractivity contribution in [1.29, 1.82) is 0 Å². The molecule has 0 N–H and O–H groups in total. The van der Waals surface area contributed by atoms with Crippen LogP contribution in [-0.2, 0) is 6.54 Å². The molecule has 1 saturated heterocycles. The predicted octanol–water partition coefficient (Wildman–Crippen LogP) is 2.32. The van der Waals surface area contributed by atoms with Crippen molar-refractivity contribution in [3.8, 4) is 0 Å². The van der Waals surface area contributed by atoms with E-state index in [2.05, 4.69) is 18.7 Å². The van der Waals surface area contributed by atoms with Gasteiger partial charge in [0.1, 0.15) is 5.76 Å². The van der Waals surface area contributed by atoms with Crippen LogP contribution in [0.25, 0.3) is 0 Å². The maximum Gasteiger partial charge on any atom is 0.185 e. The van der Waals surface area contributed by atoms with Crippen LogP contribution < -0.4 is 0 Å². The number of aldehydes is 1. The summed E-state index contributed by atoms with van der Waals surface area (Å²) in [6, 6.07) is 4.22. The highest BCUT2D eigenvalue weighted by atomic mass is 16.3. The van der Waals surface area contributed by atoms with E-state index >= 15 is 0 Å². The number of furan rings is 1. The van der Waals surface area contributed by atoms with Crippen molar-refractivity contribution >= 4 is 6.29 Å². The van der Waals surface area contributed by atoms with Gasteiger partial charge in [0.2, 0.25) is 0 Å². The third kappa shape index (κ3) is 2.12. The van der Waals surface area contributed by atoms with Gasteiger partial charge >= 0.3 is 0 Å². The summed E-state index contributed by atoms with van der Waals surface area (Å²) in [4.78, 5) is 12.9. The average molecular weight is 207 g/mol. The quantitative estimate of drug-likeness (QED) is 0.713. The van der Waals surface area contributed by atoms with E-state index in [0.29, 0.717) is 11.8 Å². The van der Waals surface area contributed by atoms with Crippen LogP contribution in [0, 0.1) is 5.92 Å². The van der Waals surface area contributed by atoms with E-state index in [1.807, 2.05) is 6.07 Å². The first-order chi connectivity index (χ1) is 7.20. The monoisotopic (exact) mass is 207 g/mol. The molecule has 0 aromatic carbocycles. The molecule has 1 aliphatic rings. The van der Waals surface area contributed by atoms with Crippen LogP contribution >= 0.6 is 0 Å². The summed E-state index contributed by atoms with van der Waals surface area (Å²) in [5.74, 6) is 2.06. The molecule has 2 heterocycles. The Morgan fingerprint density at radius 1 is 1.53 bits per heavy atom. The molecule has 2 atom stereocenters. The van der Waals surface area contributed by atoms with Gasteiger partial charge in [-0.1, -0.05) is 6.92 Å². The van der Waals surface area contributed by atoms with Gasteiger partial charge in [0.15, 0.2) is 12.0 Å². The topological polar surface area (TPSA) is 33.5 Å². The lowest BCUT2D eigenvalue weighted by Crippen LogP contribution is -2.28. The van der Waals surface area contributed by atoms with Gasteiger partial charge in [-0.05, 0) is 37.9 Å². The van der Waals surface area contributed by atoms with E-state index in [0.717, 1.165) is 31.1 Å². The normalized spacial score (nSPS) is 27.1. The Bertz CT molecular complexity index is 345. The zero-order valence-corrected chi connectivity index (χ0v) is 9.27.